The lowest BCUT2D eigenvalue weighted by Crippen LogP contribution is -2.45. The number of rotatable bonds is 3. The Morgan fingerprint density at radius 2 is 2.07 bits per heavy atom. The molecule has 10 heteroatoms. The number of fused-ring (bicyclic) bond motifs is 1. The lowest BCUT2D eigenvalue weighted by Gasteiger charge is -2.37. The van der Waals surface area contributed by atoms with E-state index in [-0.39, 0.29) is 20.3 Å². The Kier molecular flexibility index (Phi) is 4.92. The van der Waals surface area contributed by atoms with Crippen molar-refractivity contribution in [3.05, 3.63) is 81.6 Å². The molecule has 30 heavy (non-hydrogen) atoms. The molecule has 1 aromatic carbocycles. The molecule has 4 rings (SSSR count). The molecular formula is C20H13ClF3N3O2S. The lowest BCUT2D eigenvalue weighted by molar-refractivity contribution is -0.137. The number of carbonyl (C=O) groups is 1. The van der Waals surface area contributed by atoms with E-state index < -0.39 is 29.2 Å². The lowest BCUT2D eigenvalue weighted by atomic mass is 9.71. The summed E-state index contributed by atoms with van der Waals surface area (Å²) < 4.78 is 39.6. The molecule has 2 heterocycles. The highest BCUT2D eigenvalue weighted by molar-refractivity contribution is 7.18. The number of nitrogens with two attached hydrogens (primary N) is 1. The minimum absolute atomic E-state index is 0.133. The van der Waals surface area contributed by atoms with E-state index in [1.165, 1.54) is 30.6 Å². The molecule has 0 saturated heterocycles. The van der Waals surface area contributed by atoms with Crippen molar-refractivity contribution in [3.8, 4) is 0 Å². The molecule has 0 spiro atoms. The van der Waals surface area contributed by atoms with Gasteiger partial charge in [0.2, 0.25) is 5.91 Å². The van der Waals surface area contributed by atoms with Crippen molar-refractivity contribution in [1.29, 1.82) is 0 Å². The van der Waals surface area contributed by atoms with E-state index in [0.717, 1.165) is 23.5 Å². The average molecular weight is 452 g/mol. The van der Waals surface area contributed by atoms with Gasteiger partial charge in [-0.05, 0) is 42.0 Å². The third-order valence-corrected chi connectivity index (χ3v) is 6.27. The molecule has 154 valence electrons. The number of aliphatic hydroxyl groups excluding tert-OH is 1. The van der Waals surface area contributed by atoms with Crippen LogP contribution in [0.4, 0.5) is 13.2 Å². The summed E-state index contributed by atoms with van der Waals surface area (Å²) in [7, 11) is 0. The van der Waals surface area contributed by atoms with E-state index in [1.54, 1.807) is 12.1 Å². The van der Waals surface area contributed by atoms with E-state index in [0.29, 0.717) is 11.1 Å². The van der Waals surface area contributed by atoms with Crippen molar-refractivity contribution < 1.29 is 23.1 Å². The van der Waals surface area contributed by atoms with Gasteiger partial charge in [-0.3, -0.25) is 9.78 Å². The normalized spacial score (nSPS) is 22.0. The van der Waals surface area contributed by atoms with E-state index >= 15 is 0 Å². The molecule has 3 N–H and O–H groups in total. The summed E-state index contributed by atoms with van der Waals surface area (Å²) in [4.78, 5) is 20.5. The number of primary amides is 1. The van der Waals surface area contributed by atoms with Crippen LogP contribution >= 0.6 is 22.9 Å². The summed E-state index contributed by atoms with van der Waals surface area (Å²) in [5, 5.41) is 11.6. The van der Waals surface area contributed by atoms with Gasteiger partial charge in [-0.25, -0.2) is 4.98 Å². The molecule has 2 aromatic heterocycles. The van der Waals surface area contributed by atoms with Crippen molar-refractivity contribution in [2.75, 3.05) is 0 Å². The number of aromatic nitrogens is 2. The zero-order valence-corrected chi connectivity index (χ0v) is 16.6. The molecular weight excluding hydrogens is 439 g/mol. The highest BCUT2D eigenvalue weighted by atomic mass is 35.5. The zero-order chi connectivity index (χ0) is 21.7. The first-order valence-corrected chi connectivity index (χ1v) is 9.79. The number of allylic oxidation sites excluding steroid dienone is 2. The second-order valence-electron chi connectivity index (χ2n) is 6.71. The highest BCUT2D eigenvalue weighted by Crippen LogP contribution is 2.46. The third kappa shape index (κ3) is 3.28. The van der Waals surface area contributed by atoms with Gasteiger partial charge in [-0.2, -0.15) is 13.2 Å². The van der Waals surface area contributed by atoms with Crippen molar-refractivity contribution >= 4 is 39.1 Å². The maximum atomic E-state index is 13.1. The number of aliphatic hydroxyl groups is 1. The van der Waals surface area contributed by atoms with Crippen molar-refractivity contribution in [2.45, 2.75) is 17.7 Å². The van der Waals surface area contributed by atoms with Crippen LogP contribution < -0.4 is 5.73 Å². The van der Waals surface area contributed by atoms with Gasteiger partial charge < -0.3 is 10.8 Å². The van der Waals surface area contributed by atoms with Gasteiger partial charge in [0, 0.05) is 23.0 Å². The van der Waals surface area contributed by atoms with Crippen LogP contribution in [0, 0.1) is 0 Å². The van der Waals surface area contributed by atoms with Crippen LogP contribution in [0.1, 0.15) is 16.1 Å². The maximum Gasteiger partial charge on any atom is 0.416 e. The first-order valence-electron chi connectivity index (χ1n) is 8.59. The van der Waals surface area contributed by atoms with Gasteiger partial charge in [0.15, 0.2) is 0 Å². The number of amides is 1. The van der Waals surface area contributed by atoms with Gasteiger partial charge in [-0.15, -0.1) is 11.3 Å². The fourth-order valence-corrected chi connectivity index (χ4v) is 4.95. The minimum atomic E-state index is -4.51. The van der Waals surface area contributed by atoms with E-state index in [9.17, 15) is 23.1 Å². The molecule has 0 aliphatic heterocycles. The molecule has 0 saturated carbocycles. The van der Waals surface area contributed by atoms with Crippen LogP contribution in [-0.4, -0.2) is 27.1 Å². The Morgan fingerprint density at radius 1 is 1.30 bits per heavy atom. The molecule has 0 bridgehead atoms. The standard InChI is InChI=1S/C20H13ClF3N3O2S/c21-12-7-13(17(25)29)16(28)19(8-12,11-2-1-5-26-9-11)18-27-14-4-3-10(20(22,23)24)6-15(14)30-18/h1-9,16,28H,(H2,25,29). The summed E-state index contributed by atoms with van der Waals surface area (Å²) in [6.07, 6.45) is -0.209. The molecule has 2 unspecified atom stereocenters. The predicted octanol–water partition coefficient (Wildman–Crippen LogP) is 3.91. The molecule has 1 amide bonds. The number of hydrogen-bond acceptors (Lipinski definition) is 5. The van der Waals surface area contributed by atoms with Crippen LogP contribution in [0.2, 0.25) is 0 Å². The van der Waals surface area contributed by atoms with E-state index in [1.807, 2.05) is 0 Å². The summed E-state index contributed by atoms with van der Waals surface area (Å²) in [5.41, 5.74) is 3.80. The Bertz CT molecular complexity index is 1210. The largest absolute Gasteiger partial charge is 0.416 e. The number of halogens is 4. The quantitative estimate of drug-likeness (QED) is 0.632. The Labute approximate surface area is 177 Å². The first-order chi connectivity index (χ1) is 14.1. The van der Waals surface area contributed by atoms with Gasteiger partial charge in [0.25, 0.3) is 0 Å². The SMILES string of the molecule is NC(=O)C1=CC(Cl)=CC(c2cccnc2)(c2nc3ccc(C(F)(F)F)cc3s2)C1O. The number of alkyl halides is 3. The van der Waals surface area contributed by atoms with Gasteiger partial charge in [0.1, 0.15) is 11.1 Å². The maximum absolute atomic E-state index is 13.1. The van der Waals surface area contributed by atoms with Crippen molar-refractivity contribution in [3.63, 3.8) is 0 Å². The van der Waals surface area contributed by atoms with Gasteiger partial charge >= 0.3 is 6.18 Å². The van der Waals surface area contributed by atoms with Crippen LogP contribution in [0.5, 0.6) is 0 Å². The van der Waals surface area contributed by atoms with Gasteiger partial charge in [0.05, 0.1) is 21.2 Å². The second kappa shape index (κ2) is 7.19. The number of pyridine rings is 1. The van der Waals surface area contributed by atoms with Gasteiger partial charge in [-0.1, -0.05) is 17.7 Å². The number of carbonyl (C=O) groups excluding carboxylic acids is 1. The summed E-state index contributed by atoms with van der Waals surface area (Å²) in [5.74, 6) is -0.873. The smallest absolute Gasteiger partial charge is 0.386 e. The minimum Gasteiger partial charge on any atom is -0.386 e. The summed E-state index contributed by atoms with van der Waals surface area (Å²) in [6, 6.07) is 6.49. The highest BCUT2D eigenvalue weighted by Gasteiger charge is 2.48. The average Bonchev–Trinajstić information content (AvgIpc) is 3.13. The number of hydrogen-bond donors (Lipinski definition) is 2. The number of benzene rings is 1. The van der Waals surface area contributed by atoms with Crippen molar-refractivity contribution in [2.24, 2.45) is 5.73 Å². The Morgan fingerprint density at radius 3 is 2.70 bits per heavy atom. The predicted molar refractivity (Wildman–Crippen MR) is 107 cm³/mol. The monoisotopic (exact) mass is 451 g/mol. The van der Waals surface area contributed by atoms with E-state index in [2.05, 4.69) is 9.97 Å². The molecule has 1 aliphatic carbocycles. The Hall–Kier alpha value is -2.75. The summed E-state index contributed by atoms with van der Waals surface area (Å²) >= 11 is 7.23. The molecule has 1 aliphatic rings. The fourth-order valence-electron chi connectivity index (χ4n) is 3.45. The van der Waals surface area contributed by atoms with Crippen LogP contribution in [0.25, 0.3) is 10.2 Å². The molecule has 0 radical (unpaired) electrons. The molecule has 3 aromatic rings. The molecule has 0 fully saturated rings. The molecule has 2 atom stereocenters. The van der Waals surface area contributed by atoms with Crippen LogP contribution in [0.3, 0.4) is 0 Å². The number of thiazole rings is 1. The third-order valence-electron chi connectivity index (χ3n) is 4.88. The Balaban J connectivity index is 1.99. The zero-order valence-electron chi connectivity index (χ0n) is 15.0. The number of nitrogens with zero attached hydrogens (tertiary/aromatic N) is 2. The fraction of sp³-hybridized carbons (Fsp3) is 0.150. The van der Waals surface area contributed by atoms with E-state index in [4.69, 9.17) is 17.3 Å². The topological polar surface area (TPSA) is 89.1 Å². The first kappa shape index (κ1) is 20.5. The van der Waals surface area contributed by atoms with Crippen molar-refractivity contribution in [1.82, 2.24) is 9.97 Å². The van der Waals surface area contributed by atoms with Crippen LogP contribution in [-0.2, 0) is 16.4 Å². The second-order valence-corrected chi connectivity index (χ2v) is 8.17. The molecule has 5 nitrogen and oxygen atoms in total. The summed E-state index contributed by atoms with van der Waals surface area (Å²) in [6.45, 7) is 0. The van der Waals surface area contributed by atoms with Crippen LogP contribution in [0.15, 0.2) is 65.5 Å².